The van der Waals surface area contributed by atoms with Gasteiger partial charge in [-0.05, 0) is 18.9 Å². The molecule has 2 amide bonds. The number of nitrogens with zero attached hydrogens (tertiary/aromatic N) is 4. The molecule has 7 nitrogen and oxygen atoms in total. The molecular formula is C14H20N4O3. The lowest BCUT2D eigenvalue weighted by Gasteiger charge is -2.17. The predicted molar refractivity (Wildman–Crippen MR) is 74.5 cm³/mol. The first-order chi connectivity index (χ1) is 10.0. The van der Waals surface area contributed by atoms with Crippen molar-refractivity contribution < 1.29 is 14.7 Å². The maximum atomic E-state index is 12.4. The number of aryl methyl sites for hydroxylation is 1. The Hall–Kier alpha value is -1.89. The highest BCUT2D eigenvalue weighted by Crippen LogP contribution is 2.17. The summed E-state index contributed by atoms with van der Waals surface area (Å²) in [6.07, 6.45) is 1.03. The van der Waals surface area contributed by atoms with Crippen LogP contribution in [-0.4, -0.2) is 62.2 Å². The average molecular weight is 292 g/mol. The van der Waals surface area contributed by atoms with Crippen LogP contribution in [0.5, 0.6) is 0 Å². The van der Waals surface area contributed by atoms with E-state index in [1.165, 1.54) is 0 Å². The van der Waals surface area contributed by atoms with Crippen molar-refractivity contribution >= 4 is 11.8 Å². The topological polar surface area (TPSA) is 78.7 Å². The van der Waals surface area contributed by atoms with Gasteiger partial charge in [-0.3, -0.25) is 14.3 Å². The third-order valence-electron chi connectivity index (χ3n) is 4.13. The Balaban J connectivity index is 1.79. The molecule has 7 heteroatoms. The number of carbonyl (C=O) groups is 2. The molecule has 0 radical (unpaired) electrons. The Morgan fingerprint density at radius 3 is 2.76 bits per heavy atom. The number of aliphatic hydroxyl groups excluding tert-OH is 1. The van der Waals surface area contributed by atoms with Crippen molar-refractivity contribution in [1.29, 1.82) is 0 Å². The van der Waals surface area contributed by atoms with E-state index in [-0.39, 0.29) is 11.8 Å². The standard InChI is InChI=1S/C14H20N4O3/c1-10(19)16-4-2-5-18-11(8-16)7-13(15-18)14(21)17-6-3-12(20)9-17/h7,12,20H,2-6,8-9H2,1H3/t12-/m0/s1. The molecule has 0 spiro atoms. The largest absolute Gasteiger partial charge is 0.391 e. The predicted octanol–water partition coefficient (Wildman–Crippen LogP) is -0.158. The van der Waals surface area contributed by atoms with Crippen molar-refractivity contribution in [3.05, 3.63) is 17.5 Å². The molecule has 0 aromatic carbocycles. The van der Waals surface area contributed by atoms with E-state index in [9.17, 15) is 14.7 Å². The molecule has 0 aliphatic carbocycles. The molecule has 1 N–H and O–H groups in total. The number of β-amino-alcohol motifs (C(OH)–C–C–N with tert-alkyl or cyclic N) is 1. The number of carbonyl (C=O) groups excluding carboxylic acids is 2. The summed E-state index contributed by atoms with van der Waals surface area (Å²) in [4.78, 5) is 27.3. The van der Waals surface area contributed by atoms with Crippen molar-refractivity contribution in [3.63, 3.8) is 0 Å². The summed E-state index contributed by atoms with van der Waals surface area (Å²) >= 11 is 0. The number of likely N-dealkylation sites (tertiary alicyclic amines) is 1. The Labute approximate surface area is 123 Å². The summed E-state index contributed by atoms with van der Waals surface area (Å²) in [5, 5.41) is 13.9. The Morgan fingerprint density at radius 2 is 2.10 bits per heavy atom. The molecule has 3 heterocycles. The summed E-state index contributed by atoms with van der Waals surface area (Å²) in [5.74, 6) is -0.0957. The number of aromatic nitrogens is 2. The van der Waals surface area contributed by atoms with Gasteiger partial charge in [0.2, 0.25) is 5.91 Å². The highest BCUT2D eigenvalue weighted by Gasteiger charge is 2.28. The zero-order chi connectivity index (χ0) is 15.0. The summed E-state index contributed by atoms with van der Waals surface area (Å²) in [6, 6.07) is 1.77. The second kappa shape index (κ2) is 5.48. The van der Waals surface area contributed by atoms with Crippen LogP contribution in [0.4, 0.5) is 0 Å². The third-order valence-corrected chi connectivity index (χ3v) is 4.13. The molecule has 1 aromatic rings. The number of fused-ring (bicyclic) bond motifs is 1. The lowest BCUT2D eigenvalue weighted by molar-refractivity contribution is -0.129. The molecule has 114 valence electrons. The van der Waals surface area contributed by atoms with Crippen LogP contribution >= 0.6 is 0 Å². The van der Waals surface area contributed by atoms with Crippen molar-refractivity contribution in [1.82, 2.24) is 19.6 Å². The molecule has 3 rings (SSSR count). The molecule has 2 aliphatic heterocycles. The van der Waals surface area contributed by atoms with Gasteiger partial charge < -0.3 is 14.9 Å². The highest BCUT2D eigenvalue weighted by molar-refractivity contribution is 5.92. The molecule has 0 saturated carbocycles. The number of aliphatic hydroxyl groups is 1. The van der Waals surface area contributed by atoms with E-state index in [0.717, 1.165) is 25.2 Å². The van der Waals surface area contributed by atoms with Crippen molar-refractivity contribution in [2.24, 2.45) is 0 Å². The maximum absolute atomic E-state index is 12.4. The molecule has 21 heavy (non-hydrogen) atoms. The second-order valence-electron chi connectivity index (χ2n) is 5.73. The summed E-state index contributed by atoms with van der Waals surface area (Å²) in [7, 11) is 0. The van der Waals surface area contributed by atoms with Crippen LogP contribution in [0.2, 0.25) is 0 Å². The third kappa shape index (κ3) is 2.78. The molecule has 1 atom stereocenters. The normalized spacial score (nSPS) is 22.1. The molecule has 0 bridgehead atoms. The van der Waals surface area contributed by atoms with Crippen molar-refractivity contribution in [2.75, 3.05) is 19.6 Å². The first kappa shape index (κ1) is 14.1. The van der Waals surface area contributed by atoms with E-state index in [1.807, 2.05) is 4.68 Å². The molecular weight excluding hydrogens is 272 g/mol. The molecule has 1 aromatic heterocycles. The van der Waals surface area contributed by atoms with E-state index < -0.39 is 6.10 Å². The first-order valence-electron chi connectivity index (χ1n) is 7.34. The summed E-state index contributed by atoms with van der Waals surface area (Å²) in [5.41, 5.74) is 1.30. The number of rotatable bonds is 1. The van der Waals surface area contributed by atoms with Crippen molar-refractivity contribution in [2.45, 2.75) is 39.0 Å². The van der Waals surface area contributed by atoms with Gasteiger partial charge in [-0.1, -0.05) is 0 Å². The highest BCUT2D eigenvalue weighted by atomic mass is 16.3. The van der Waals surface area contributed by atoms with Gasteiger partial charge in [-0.2, -0.15) is 5.10 Å². The quantitative estimate of drug-likeness (QED) is 0.780. The number of amides is 2. The van der Waals surface area contributed by atoms with Gasteiger partial charge >= 0.3 is 0 Å². The van der Waals surface area contributed by atoms with Gasteiger partial charge in [0, 0.05) is 33.1 Å². The van der Waals surface area contributed by atoms with Crippen LogP contribution in [0, 0.1) is 0 Å². The van der Waals surface area contributed by atoms with E-state index in [0.29, 0.717) is 31.7 Å². The van der Waals surface area contributed by atoms with Crippen LogP contribution in [0.15, 0.2) is 6.07 Å². The van der Waals surface area contributed by atoms with Crippen LogP contribution in [0.3, 0.4) is 0 Å². The van der Waals surface area contributed by atoms with Gasteiger partial charge in [0.05, 0.1) is 18.3 Å². The Bertz CT molecular complexity index is 569. The summed E-state index contributed by atoms with van der Waals surface area (Å²) in [6.45, 7) is 4.44. The minimum atomic E-state index is -0.428. The lowest BCUT2D eigenvalue weighted by Crippen LogP contribution is -2.30. The SMILES string of the molecule is CC(=O)N1CCCn2nc(C(=O)N3CC[C@H](O)C3)cc2C1. The van der Waals surface area contributed by atoms with E-state index in [1.54, 1.807) is 22.8 Å². The zero-order valence-corrected chi connectivity index (χ0v) is 12.2. The van der Waals surface area contributed by atoms with Crippen LogP contribution < -0.4 is 0 Å². The maximum Gasteiger partial charge on any atom is 0.274 e. The fraction of sp³-hybridized carbons (Fsp3) is 0.643. The van der Waals surface area contributed by atoms with Gasteiger partial charge in [-0.15, -0.1) is 0 Å². The van der Waals surface area contributed by atoms with E-state index in [4.69, 9.17) is 0 Å². The van der Waals surface area contributed by atoms with Crippen molar-refractivity contribution in [3.8, 4) is 0 Å². The number of hydrogen-bond acceptors (Lipinski definition) is 4. The second-order valence-corrected chi connectivity index (χ2v) is 5.73. The van der Waals surface area contributed by atoms with Gasteiger partial charge in [0.15, 0.2) is 5.69 Å². The molecule has 0 unspecified atom stereocenters. The molecule has 1 saturated heterocycles. The van der Waals surface area contributed by atoms with Gasteiger partial charge in [0.1, 0.15) is 0 Å². The van der Waals surface area contributed by atoms with Gasteiger partial charge in [-0.25, -0.2) is 0 Å². The van der Waals surface area contributed by atoms with Crippen LogP contribution in [0.1, 0.15) is 35.9 Å². The van der Waals surface area contributed by atoms with Gasteiger partial charge in [0.25, 0.3) is 5.91 Å². The van der Waals surface area contributed by atoms with E-state index in [2.05, 4.69) is 5.10 Å². The minimum absolute atomic E-state index is 0.0418. The monoisotopic (exact) mass is 292 g/mol. The minimum Gasteiger partial charge on any atom is -0.391 e. The fourth-order valence-electron chi connectivity index (χ4n) is 2.92. The zero-order valence-electron chi connectivity index (χ0n) is 12.2. The van der Waals surface area contributed by atoms with E-state index >= 15 is 0 Å². The van der Waals surface area contributed by atoms with Crippen LogP contribution in [0.25, 0.3) is 0 Å². The summed E-state index contributed by atoms with van der Waals surface area (Å²) < 4.78 is 1.82. The van der Waals surface area contributed by atoms with Crippen LogP contribution in [-0.2, 0) is 17.9 Å². The Morgan fingerprint density at radius 1 is 1.29 bits per heavy atom. The fourth-order valence-corrected chi connectivity index (χ4v) is 2.92. The average Bonchev–Trinajstić information content (AvgIpc) is 2.99. The number of hydrogen-bond donors (Lipinski definition) is 1. The molecule has 2 aliphatic rings. The Kier molecular flexibility index (Phi) is 3.67. The lowest BCUT2D eigenvalue weighted by atomic mass is 10.3. The smallest absolute Gasteiger partial charge is 0.274 e. The molecule has 1 fully saturated rings. The first-order valence-corrected chi connectivity index (χ1v) is 7.34.